The standard InChI is InChI=1S/C12H9N4/c1-2-4-10(5-3-1)12(8-14-15-9-12)11-6-7-13-16-11/h1-6,8-9H,(H,13,16). The first kappa shape index (κ1) is 9.03. The van der Waals surface area contributed by atoms with Gasteiger partial charge >= 0.3 is 0 Å². The van der Waals surface area contributed by atoms with Crippen LogP contribution in [0.3, 0.4) is 0 Å². The molecule has 0 unspecified atom stereocenters. The second-order valence-electron chi connectivity index (χ2n) is 3.63. The average Bonchev–Trinajstić information content (AvgIpc) is 3.02. The minimum absolute atomic E-state index is 0.422. The normalized spacial score (nSPS) is 16.8. The molecule has 0 saturated heterocycles. The van der Waals surface area contributed by atoms with Gasteiger partial charge in [-0.15, -0.1) is 0 Å². The van der Waals surface area contributed by atoms with E-state index in [1.165, 1.54) is 0 Å². The maximum absolute atomic E-state index is 3.95. The quantitative estimate of drug-likeness (QED) is 0.801. The van der Waals surface area contributed by atoms with Crippen molar-refractivity contribution in [3.05, 3.63) is 53.9 Å². The monoisotopic (exact) mass is 209 g/mol. The number of benzene rings is 1. The van der Waals surface area contributed by atoms with E-state index in [0.717, 1.165) is 11.3 Å². The Labute approximate surface area is 92.7 Å². The van der Waals surface area contributed by atoms with Crippen LogP contribution in [-0.4, -0.2) is 22.6 Å². The summed E-state index contributed by atoms with van der Waals surface area (Å²) in [5.41, 5.74) is 1.61. The van der Waals surface area contributed by atoms with E-state index in [-0.39, 0.29) is 0 Å². The highest BCUT2D eigenvalue weighted by molar-refractivity contribution is 6.02. The third-order valence-electron chi connectivity index (χ3n) is 2.74. The minimum atomic E-state index is -0.422. The van der Waals surface area contributed by atoms with Crippen molar-refractivity contribution in [2.75, 3.05) is 0 Å². The van der Waals surface area contributed by atoms with E-state index < -0.39 is 5.41 Å². The Hall–Kier alpha value is -2.23. The van der Waals surface area contributed by atoms with Crippen molar-refractivity contribution in [1.29, 1.82) is 0 Å². The van der Waals surface area contributed by atoms with Gasteiger partial charge in [-0.05, 0) is 11.6 Å². The summed E-state index contributed by atoms with van der Waals surface area (Å²) in [7, 11) is 0. The topological polar surface area (TPSA) is 53.4 Å². The fourth-order valence-corrected chi connectivity index (χ4v) is 1.87. The van der Waals surface area contributed by atoms with E-state index in [9.17, 15) is 0 Å². The SMILES string of the molecule is [c]1cc(C2(c3ccccc3)C=NN=C2)[nH]n1. The van der Waals surface area contributed by atoms with Gasteiger partial charge in [0.2, 0.25) is 0 Å². The molecule has 0 spiro atoms. The predicted octanol–water partition coefficient (Wildman–Crippen LogP) is 1.57. The molecule has 2 heterocycles. The molecule has 2 aromatic rings. The lowest BCUT2D eigenvalue weighted by Gasteiger charge is -2.21. The van der Waals surface area contributed by atoms with Gasteiger partial charge in [0.05, 0.1) is 5.69 Å². The highest BCUT2D eigenvalue weighted by Crippen LogP contribution is 2.29. The van der Waals surface area contributed by atoms with Crippen LogP contribution in [0.5, 0.6) is 0 Å². The second kappa shape index (κ2) is 3.41. The van der Waals surface area contributed by atoms with Crippen molar-refractivity contribution in [3.8, 4) is 0 Å². The molecule has 0 amide bonds. The average molecular weight is 209 g/mol. The summed E-state index contributed by atoms with van der Waals surface area (Å²) < 4.78 is 0. The molecule has 1 radical (unpaired) electrons. The number of nitrogens with zero attached hydrogens (tertiary/aromatic N) is 3. The predicted molar refractivity (Wildman–Crippen MR) is 61.6 cm³/mol. The summed E-state index contributed by atoms with van der Waals surface area (Å²) >= 11 is 0. The largest absolute Gasteiger partial charge is 0.280 e. The number of H-pyrrole nitrogens is 1. The zero-order valence-corrected chi connectivity index (χ0v) is 8.46. The van der Waals surface area contributed by atoms with Crippen LogP contribution >= 0.6 is 0 Å². The molecule has 77 valence electrons. The Balaban J connectivity index is 2.19. The first-order valence-electron chi connectivity index (χ1n) is 4.98. The summed E-state index contributed by atoms with van der Waals surface area (Å²) in [5, 5.41) is 14.7. The second-order valence-corrected chi connectivity index (χ2v) is 3.63. The third-order valence-corrected chi connectivity index (χ3v) is 2.74. The Morgan fingerprint density at radius 3 is 2.44 bits per heavy atom. The molecular formula is C12H9N4. The summed E-state index contributed by atoms with van der Waals surface area (Å²) in [5.74, 6) is 0. The van der Waals surface area contributed by atoms with E-state index in [4.69, 9.17) is 0 Å². The van der Waals surface area contributed by atoms with Crippen molar-refractivity contribution >= 4 is 12.4 Å². The lowest BCUT2D eigenvalue weighted by Crippen LogP contribution is -2.29. The molecule has 1 N–H and O–H groups in total. The fourth-order valence-electron chi connectivity index (χ4n) is 1.87. The highest BCUT2D eigenvalue weighted by Gasteiger charge is 2.34. The number of hydrogen-bond acceptors (Lipinski definition) is 3. The van der Waals surface area contributed by atoms with Crippen molar-refractivity contribution in [1.82, 2.24) is 10.2 Å². The minimum Gasteiger partial charge on any atom is -0.280 e. The number of aromatic amines is 1. The molecule has 0 fully saturated rings. The first-order valence-corrected chi connectivity index (χ1v) is 4.98. The van der Waals surface area contributed by atoms with Gasteiger partial charge < -0.3 is 0 Å². The molecule has 0 saturated carbocycles. The molecule has 4 heteroatoms. The van der Waals surface area contributed by atoms with E-state index in [0.29, 0.717) is 0 Å². The Morgan fingerprint density at radius 2 is 1.81 bits per heavy atom. The van der Waals surface area contributed by atoms with Gasteiger partial charge in [0.15, 0.2) is 0 Å². The number of hydrogen-bond donors (Lipinski definition) is 1. The lowest BCUT2D eigenvalue weighted by molar-refractivity contribution is 0.889. The summed E-state index contributed by atoms with van der Waals surface area (Å²) in [4.78, 5) is 0. The van der Waals surface area contributed by atoms with Crippen LogP contribution in [0.15, 0.2) is 46.6 Å². The lowest BCUT2D eigenvalue weighted by atomic mass is 9.80. The third kappa shape index (κ3) is 1.20. The van der Waals surface area contributed by atoms with E-state index >= 15 is 0 Å². The number of aromatic nitrogens is 2. The molecule has 16 heavy (non-hydrogen) atoms. The fraction of sp³-hybridized carbons (Fsp3) is 0.0833. The zero-order chi connectivity index (χ0) is 10.8. The van der Waals surface area contributed by atoms with E-state index in [1.807, 2.05) is 48.8 Å². The zero-order valence-electron chi connectivity index (χ0n) is 8.46. The first-order chi connectivity index (χ1) is 7.92. The van der Waals surface area contributed by atoms with Crippen molar-refractivity contribution in [2.24, 2.45) is 10.2 Å². The van der Waals surface area contributed by atoms with Gasteiger partial charge in [-0.3, -0.25) is 5.10 Å². The molecule has 4 nitrogen and oxygen atoms in total. The van der Waals surface area contributed by atoms with Crippen LogP contribution < -0.4 is 0 Å². The maximum Gasteiger partial charge on any atom is 0.113 e. The van der Waals surface area contributed by atoms with Crippen molar-refractivity contribution < 1.29 is 0 Å². The van der Waals surface area contributed by atoms with Gasteiger partial charge in [-0.1, -0.05) is 30.3 Å². The molecule has 1 aliphatic heterocycles. The van der Waals surface area contributed by atoms with Crippen molar-refractivity contribution in [2.45, 2.75) is 5.41 Å². The summed E-state index contributed by atoms with van der Waals surface area (Å²) in [6.45, 7) is 0. The molecular weight excluding hydrogens is 200 g/mol. The van der Waals surface area contributed by atoms with Gasteiger partial charge in [-0.2, -0.15) is 15.3 Å². The van der Waals surface area contributed by atoms with Crippen LogP contribution in [0.25, 0.3) is 0 Å². The van der Waals surface area contributed by atoms with Crippen molar-refractivity contribution in [3.63, 3.8) is 0 Å². The number of rotatable bonds is 2. The molecule has 1 aliphatic rings. The molecule has 0 bridgehead atoms. The van der Waals surface area contributed by atoms with Gasteiger partial charge in [0.25, 0.3) is 0 Å². The van der Waals surface area contributed by atoms with Gasteiger partial charge in [-0.25, -0.2) is 0 Å². The molecule has 3 rings (SSSR count). The molecule has 0 aliphatic carbocycles. The Kier molecular flexibility index (Phi) is 1.93. The maximum atomic E-state index is 3.95. The number of nitrogens with one attached hydrogen (secondary N) is 1. The van der Waals surface area contributed by atoms with E-state index in [2.05, 4.69) is 26.6 Å². The Bertz CT molecular complexity index is 513. The summed E-state index contributed by atoms with van der Waals surface area (Å²) in [6.07, 6.45) is 6.39. The highest BCUT2D eigenvalue weighted by atomic mass is 15.2. The molecule has 1 aromatic carbocycles. The van der Waals surface area contributed by atoms with Crippen LogP contribution in [0.2, 0.25) is 0 Å². The van der Waals surface area contributed by atoms with Crippen LogP contribution in [0.4, 0.5) is 0 Å². The molecule has 1 aromatic heterocycles. The van der Waals surface area contributed by atoms with E-state index in [1.54, 1.807) is 0 Å². The van der Waals surface area contributed by atoms with Gasteiger partial charge in [0.1, 0.15) is 11.6 Å². The van der Waals surface area contributed by atoms with Gasteiger partial charge in [0, 0.05) is 12.4 Å². The molecule has 0 atom stereocenters. The van der Waals surface area contributed by atoms with Crippen LogP contribution in [0.1, 0.15) is 11.3 Å². The van der Waals surface area contributed by atoms with Crippen LogP contribution in [0, 0.1) is 6.20 Å². The van der Waals surface area contributed by atoms with Crippen LogP contribution in [-0.2, 0) is 5.41 Å². The summed E-state index contributed by atoms with van der Waals surface area (Å²) in [6, 6.07) is 11.9. The smallest absolute Gasteiger partial charge is 0.113 e. The Morgan fingerprint density at radius 1 is 1.06 bits per heavy atom.